The minimum absolute atomic E-state index is 0.0781. The van der Waals surface area contributed by atoms with Crippen molar-refractivity contribution >= 4 is 0 Å². The summed E-state index contributed by atoms with van der Waals surface area (Å²) in [5, 5.41) is 0. The number of halogens is 1. The first-order valence-electron chi connectivity index (χ1n) is 6.06. The van der Waals surface area contributed by atoms with Crippen molar-refractivity contribution in [3.05, 3.63) is 54.3 Å². The Hall–Kier alpha value is -2.07. The Bertz CT molecular complexity index is 529. The summed E-state index contributed by atoms with van der Waals surface area (Å²) >= 11 is 0. The second kappa shape index (κ2) is 6.20. The molecule has 0 bridgehead atoms. The standard InChI is InChI=1S/C15H16FNO2/c1-11(17)10-18-14-9-5-8-13(16)15(14)19-12-6-3-2-4-7-12/h2-9,11H,10,17H2,1H3/t11-/m1/s1. The molecular formula is C15H16FNO2. The molecule has 0 spiro atoms. The van der Waals surface area contributed by atoms with E-state index in [0.717, 1.165) is 0 Å². The van der Waals surface area contributed by atoms with Crippen molar-refractivity contribution in [2.75, 3.05) is 6.61 Å². The summed E-state index contributed by atoms with van der Waals surface area (Å²) < 4.78 is 24.8. The lowest BCUT2D eigenvalue weighted by Crippen LogP contribution is -2.23. The van der Waals surface area contributed by atoms with E-state index in [1.807, 2.05) is 25.1 Å². The second-order valence-corrected chi connectivity index (χ2v) is 4.27. The van der Waals surface area contributed by atoms with E-state index in [1.165, 1.54) is 6.07 Å². The average Bonchev–Trinajstić information content (AvgIpc) is 2.40. The molecule has 100 valence electrons. The maximum atomic E-state index is 13.8. The molecule has 2 aromatic rings. The molecular weight excluding hydrogens is 245 g/mol. The van der Waals surface area contributed by atoms with Crippen LogP contribution in [0.15, 0.2) is 48.5 Å². The molecule has 2 aromatic carbocycles. The van der Waals surface area contributed by atoms with Crippen molar-refractivity contribution in [1.82, 2.24) is 0 Å². The predicted molar refractivity (Wildman–Crippen MR) is 72.1 cm³/mol. The van der Waals surface area contributed by atoms with Gasteiger partial charge in [0.15, 0.2) is 11.6 Å². The van der Waals surface area contributed by atoms with Crippen molar-refractivity contribution in [3.63, 3.8) is 0 Å². The van der Waals surface area contributed by atoms with E-state index >= 15 is 0 Å². The highest BCUT2D eigenvalue weighted by Gasteiger charge is 2.12. The Balaban J connectivity index is 2.22. The first kappa shape index (κ1) is 13.4. The first-order chi connectivity index (χ1) is 9.16. The third kappa shape index (κ3) is 3.69. The smallest absolute Gasteiger partial charge is 0.204 e. The van der Waals surface area contributed by atoms with Crippen LogP contribution in [-0.4, -0.2) is 12.6 Å². The lowest BCUT2D eigenvalue weighted by atomic mass is 10.3. The molecule has 3 nitrogen and oxygen atoms in total. The van der Waals surface area contributed by atoms with Crippen molar-refractivity contribution < 1.29 is 13.9 Å². The number of benzene rings is 2. The van der Waals surface area contributed by atoms with Gasteiger partial charge in [-0.05, 0) is 31.2 Å². The lowest BCUT2D eigenvalue weighted by molar-refractivity contribution is 0.279. The third-order valence-corrected chi connectivity index (χ3v) is 2.40. The Kier molecular flexibility index (Phi) is 4.36. The fourth-order valence-corrected chi connectivity index (χ4v) is 1.53. The van der Waals surface area contributed by atoms with E-state index in [-0.39, 0.29) is 11.8 Å². The van der Waals surface area contributed by atoms with Crippen molar-refractivity contribution in [1.29, 1.82) is 0 Å². The Morgan fingerprint density at radius 3 is 2.53 bits per heavy atom. The van der Waals surface area contributed by atoms with Gasteiger partial charge in [0.25, 0.3) is 0 Å². The molecule has 0 fully saturated rings. The fraction of sp³-hybridized carbons (Fsp3) is 0.200. The van der Waals surface area contributed by atoms with Gasteiger partial charge < -0.3 is 15.2 Å². The highest BCUT2D eigenvalue weighted by molar-refractivity contribution is 5.43. The summed E-state index contributed by atoms with van der Waals surface area (Å²) in [6.45, 7) is 2.12. The zero-order valence-electron chi connectivity index (χ0n) is 10.7. The van der Waals surface area contributed by atoms with Crippen LogP contribution in [0.3, 0.4) is 0 Å². The molecule has 4 heteroatoms. The topological polar surface area (TPSA) is 44.5 Å². The fourth-order valence-electron chi connectivity index (χ4n) is 1.53. The molecule has 0 aromatic heterocycles. The molecule has 0 unspecified atom stereocenters. The van der Waals surface area contributed by atoms with Crippen LogP contribution in [0.1, 0.15) is 6.92 Å². The van der Waals surface area contributed by atoms with E-state index in [9.17, 15) is 4.39 Å². The summed E-state index contributed by atoms with van der Waals surface area (Å²) in [6.07, 6.45) is 0. The maximum Gasteiger partial charge on any atom is 0.204 e. The van der Waals surface area contributed by atoms with Gasteiger partial charge in [-0.1, -0.05) is 24.3 Å². The lowest BCUT2D eigenvalue weighted by Gasteiger charge is -2.14. The molecule has 19 heavy (non-hydrogen) atoms. The average molecular weight is 261 g/mol. The normalized spacial score (nSPS) is 11.9. The number of ether oxygens (including phenoxy) is 2. The number of hydrogen-bond acceptors (Lipinski definition) is 3. The van der Waals surface area contributed by atoms with Gasteiger partial charge in [-0.3, -0.25) is 0 Å². The zero-order valence-corrected chi connectivity index (χ0v) is 10.7. The van der Waals surface area contributed by atoms with Crippen LogP contribution in [0, 0.1) is 5.82 Å². The summed E-state index contributed by atoms with van der Waals surface area (Å²) in [4.78, 5) is 0. The number of hydrogen-bond donors (Lipinski definition) is 1. The number of nitrogens with two attached hydrogens (primary N) is 1. The van der Waals surface area contributed by atoms with Gasteiger partial charge in [-0.25, -0.2) is 4.39 Å². The minimum Gasteiger partial charge on any atom is -0.488 e. The van der Waals surface area contributed by atoms with Crippen LogP contribution in [0.4, 0.5) is 4.39 Å². The Morgan fingerprint density at radius 2 is 1.84 bits per heavy atom. The van der Waals surface area contributed by atoms with E-state index < -0.39 is 5.82 Å². The van der Waals surface area contributed by atoms with Crippen LogP contribution in [0.2, 0.25) is 0 Å². The van der Waals surface area contributed by atoms with Crippen LogP contribution >= 0.6 is 0 Å². The summed E-state index contributed by atoms with van der Waals surface area (Å²) in [5.74, 6) is 0.514. The Labute approximate surface area is 111 Å². The van der Waals surface area contributed by atoms with Crippen LogP contribution in [0.25, 0.3) is 0 Å². The van der Waals surface area contributed by atoms with E-state index in [0.29, 0.717) is 18.1 Å². The summed E-state index contributed by atoms with van der Waals surface area (Å²) in [7, 11) is 0. The van der Waals surface area contributed by atoms with Crippen molar-refractivity contribution in [3.8, 4) is 17.2 Å². The van der Waals surface area contributed by atoms with Gasteiger partial charge in [0.2, 0.25) is 5.75 Å². The maximum absolute atomic E-state index is 13.8. The summed E-state index contributed by atoms with van der Waals surface area (Å²) in [5.41, 5.74) is 5.62. The number of rotatable bonds is 5. The molecule has 2 rings (SSSR count). The van der Waals surface area contributed by atoms with Gasteiger partial charge in [-0.15, -0.1) is 0 Å². The highest BCUT2D eigenvalue weighted by atomic mass is 19.1. The first-order valence-corrected chi connectivity index (χ1v) is 6.06. The van der Waals surface area contributed by atoms with E-state index in [1.54, 1.807) is 24.3 Å². The number of para-hydroxylation sites is 2. The van der Waals surface area contributed by atoms with Crippen molar-refractivity contribution in [2.24, 2.45) is 5.73 Å². The van der Waals surface area contributed by atoms with Gasteiger partial charge in [-0.2, -0.15) is 0 Å². The monoisotopic (exact) mass is 261 g/mol. The molecule has 0 radical (unpaired) electrons. The van der Waals surface area contributed by atoms with Crippen molar-refractivity contribution in [2.45, 2.75) is 13.0 Å². The quantitative estimate of drug-likeness (QED) is 0.897. The highest BCUT2D eigenvalue weighted by Crippen LogP contribution is 2.34. The third-order valence-electron chi connectivity index (χ3n) is 2.40. The SMILES string of the molecule is C[C@@H](N)COc1cccc(F)c1Oc1ccccc1. The van der Waals surface area contributed by atoms with E-state index in [2.05, 4.69) is 0 Å². The second-order valence-electron chi connectivity index (χ2n) is 4.27. The van der Waals surface area contributed by atoms with Gasteiger partial charge in [0.05, 0.1) is 0 Å². The van der Waals surface area contributed by atoms with Gasteiger partial charge >= 0.3 is 0 Å². The largest absolute Gasteiger partial charge is 0.488 e. The van der Waals surface area contributed by atoms with Crippen LogP contribution < -0.4 is 15.2 Å². The molecule has 0 saturated carbocycles. The minimum atomic E-state index is -0.467. The van der Waals surface area contributed by atoms with Crippen LogP contribution in [-0.2, 0) is 0 Å². The van der Waals surface area contributed by atoms with Gasteiger partial charge in [0.1, 0.15) is 12.4 Å². The molecule has 0 amide bonds. The van der Waals surface area contributed by atoms with E-state index in [4.69, 9.17) is 15.2 Å². The zero-order chi connectivity index (χ0) is 13.7. The molecule has 0 aliphatic carbocycles. The van der Waals surface area contributed by atoms with Gasteiger partial charge in [0, 0.05) is 6.04 Å². The molecule has 1 atom stereocenters. The molecule has 0 saturated heterocycles. The summed E-state index contributed by atoms with van der Waals surface area (Å²) in [6, 6.07) is 13.4. The molecule has 0 heterocycles. The molecule has 0 aliphatic rings. The molecule has 2 N–H and O–H groups in total. The predicted octanol–water partition coefficient (Wildman–Crippen LogP) is 3.34. The molecule has 0 aliphatic heterocycles. The van der Waals surface area contributed by atoms with Crippen LogP contribution in [0.5, 0.6) is 17.2 Å². The Morgan fingerprint density at radius 1 is 1.11 bits per heavy atom.